The van der Waals surface area contributed by atoms with Crippen LogP contribution in [0.5, 0.6) is 0 Å². The minimum absolute atomic E-state index is 0.794. The zero-order valence-electron chi connectivity index (χ0n) is 8.78. The smallest absolute Gasteiger partial charge is 0.0344 e. The molecule has 0 atom stereocenters. The van der Waals surface area contributed by atoms with Gasteiger partial charge in [-0.25, -0.2) is 0 Å². The van der Waals surface area contributed by atoms with Crippen molar-refractivity contribution < 1.29 is 0 Å². The van der Waals surface area contributed by atoms with Crippen LogP contribution in [-0.4, -0.2) is 0 Å². The molecular weight excluding hydrogens is 260 g/mol. The van der Waals surface area contributed by atoms with E-state index in [0.717, 1.165) is 16.5 Å². The van der Waals surface area contributed by atoms with E-state index in [4.69, 9.17) is 0 Å². The number of halogens is 1. The number of rotatable bonds is 1. The third-order valence-electron chi connectivity index (χ3n) is 2.21. The molecule has 0 aromatic heterocycles. The van der Waals surface area contributed by atoms with E-state index in [9.17, 15) is 0 Å². The molecule has 78 valence electrons. The molecule has 0 bridgehead atoms. The predicted octanol–water partition coefficient (Wildman–Crippen LogP) is 4.04. The molecule has 0 saturated heterocycles. The molecule has 0 radical (unpaired) electrons. The van der Waals surface area contributed by atoms with Crippen molar-refractivity contribution in [2.45, 2.75) is 6.42 Å². The van der Waals surface area contributed by atoms with Crippen LogP contribution in [-0.2, 0) is 6.42 Å². The lowest BCUT2D eigenvalue weighted by molar-refractivity contribution is 1.31. The van der Waals surface area contributed by atoms with E-state index in [-0.39, 0.29) is 0 Å². The second kappa shape index (κ2) is 5.53. The molecule has 2 rings (SSSR count). The third-order valence-corrected chi connectivity index (χ3v) is 2.74. The Labute approximate surface area is 104 Å². The molecule has 2 aromatic rings. The molecule has 0 aliphatic rings. The Morgan fingerprint density at radius 2 is 1.56 bits per heavy atom. The molecule has 0 fully saturated rings. The highest BCUT2D eigenvalue weighted by Gasteiger charge is 1.89. The van der Waals surface area contributed by atoms with Crippen molar-refractivity contribution in [3.05, 3.63) is 70.2 Å². The molecule has 0 unspecified atom stereocenters. The van der Waals surface area contributed by atoms with Crippen molar-refractivity contribution in [1.29, 1.82) is 0 Å². The Kier molecular flexibility index (Phi) is 3.80. The van der Waals surface area contributed by atoms with E-state index in [1.165, 1.54) is 5.56 Å². The summed E-state index contributed by atoms with van der Waals surface area (Å²) in [5.74, 6) is 6.32. The van der Waals surface area contributed by atoms with E-state index < -0.39 is 0 Å². The largest absolute Gasteiger partial charge is 0.0931 e. The molecule has 1 heteroatoms. The average molecular weight is 271 g/mol. The van der Waals surface area contributed by atoms with Crippen LogP contribution in [0.15, 0.2) is 59.1 Å². The van der Waals surface area contributed by atoms with E-state index in [1.54, 1.807) is 0 Å². The summed E-state index contributed by atoms with van der Waals surface area (Å²) in [6, 6.07) is 18.3. The molecule has 0 spiro atoms. The summed E-state index contributed by atoms with van der Waals surface area (Å²) in [6.45, 7) is 0. The fraction of sp³-hybridized carbons (Fsp3) is 0.0667. The van der Waals surface area contributed by atoms with Gasteiger partial charge >= 0.3 is 0 Å². The van der Waals surface area contributed by atoms with Crippen molar-refractivity contribution in [3.63, 3.8) is 0 Å². The van der Waals surface area contributed by atoms with Crippen LogP contribution in [0.2, 0.25) is 0 Å². The van der Waals surface area contributed by atoms with Crippen LogP contribution in [0.4, 0.5) is 0 Å². The van der Waals surface area contributed by atoms with Crippen LogP contribution >= 0.6 is 15.9 Å². The normalized spacial score (nSPS) is 9.31. The van der Waals surface area contributed by atoms with Crippen molar-refractivity contribution in [1.82, 2.24) is 0 Å². The SMILES string of the molecule is Brc1ccc(CC#Cc2ccccc2)cc1. The van der Waals surface area contributed by atoms with Gasteiger partial charge < -0.3 is 0 Å². The summed E-state index contributed by atoms with van der Waals surface area (Å²) in [5, 5.41) is 0. The first kappa shape index (κ1) is 11.0. The van der Waals surface area contributed by atoms with E-state index in [0.29, 0.717) is 0 Å². The first-order valence-corrected chi connectivity index (χ1v) is 5.92. The predicted molar refractivity (Wildman–Crippen MR) is 71.2 cm³/mol. The molecule has 0 aliphatic carbocycles. The summed E-state index contributed by atoms with van der Waals surface area (Å²) >= 11 is 3.41. The van der Waals surface area contributed by atoms with Gasteiger partial charge in [-0.1, -0.05) is 58.1 Å². The van der Waals surface area contributed by atoms with Gasteiger partial charge in [0.25, 0.3) is 0 Å². The highest BCUT2D eigenvalue weighted by atomic mass is 79.9. The summed E-state index contributed by atoms with van der Waals surface area (Å²) < 4.78 is 1.10. The highest BCUT2D eigenvalue weighted by Crippen LogP contribution is 2.10. The van der Waals surface area contributed by atoms with Gasteiger partial charge in [0.05, 0.1) is 0 Å². The standard InChI is InChI=1S/C15H11Br/c16-15-11-9-14(10-12-15)8-4-7-13-5-2-1-3-6-13/h1-3,5-6,9-12H,8H2. The molecule has 0 aliphatic heterocycles. The molecule has 0 nitrogen and oxygen atoms in total. The zero-order valence-corrected chi connectivity index (χ0v) is 10.4. The average Bonchev–Trinajstić information content (AvgIpc) is 2.33. The first-order valence-electron chi connectivity index (χ1n) is 5.13. The lowest BCUT2D eigenvalue weighted by Gasteiger charge is -1.94. The van der Waals surface area contributed by atoms with Crippen LogP contribution in [0.25, 0.3) is 0 Å². The van der Waals surface area contributed by atoms with Gasteiger partial charge in [0.2, 0.25) is 0 Å². The van der Waals surface area contributed by atoms with Gasteiger partial charge in [-0.3, -0.25) is 0 Å². The number of benzene rings is 2. The summed E-state index contributed by atoms with van der Waals surface area (Å²) in [7, 11) is 0. The zero-order chi connectivity index (χ0) is 11.2. The molecule has 16 heavy (non-hydrogen) atoms. The molecule has 0 amide bonds. The maximum atomic E-state index is 3.41. The topological polar surface area (TPSA) is 0 Å². The lowest BCUT2D eigenvalue weighted by atomic mass is 10.1. The second-order valence-corrected chi connectivity index (χ2v) is 4.39. The van der Waals surface area contributed by atoms with Gasteiger partial charge in [-0.05, 0) is 29.8 Å². The number of hydrogen-bond acceptors (Lipinski definition) is 0. The summed E-state index contributed by atoms with van der Waals surface area (Å²) in [6.07, 6.45) is 0.794. The maximum absolute atomic E-state index is 3.41. The molecule has 0 saturated carbocycles. The van der Waals surface area contributed by atoms with Gasteiger partial charge in [0, 0.05) is 16.5 Å². The van der Waals surface area contributed by atoms with E-state index in [1.807, 2.05) is 42.5 Å². The Morgan fingerprint density at radius 3 is 2.25 bits per heavy atom. The molecule has 0 heterocycles. The van der Waals surface area contributed by atoms with Crippen molar-refractivity contribution in [3.8, 4) is 11.8 Å². The Hall–Kier alpha value is -1.52. The van der Waals surface area contributed by atoms with Crippen LogP contribution in [0.1, 0.15) is 11.1 Å². The van der Waals surface area contributed by atoms with Crippen molar-refractivity contribution in [2.75, 3.05) is 0 Å². The van der Waals surface area contributed by atoms with Gasteiger partial charge in [0.1, 0.15) is 0 Å². The van der Waals surface area contributed by atoms with Crippen molar-refractivity contribution in [2.24, 2.45) is 0 Å². The van der Waals surface area contributed by atoms with Crippen LogP contribution in [0, 0.1) is 11.8 Å². The highest BCUT2D eigenvalue weighted by molar-refractivity contribution is 9.10. The second-order valence-electron chi connectivity index (χ2n) is 3.47. The Balaban J connectivity index is 2.03. The van der Waals surface area contributed by atoms with Crippen LogP contribution < -0.4 is 0 Å². The monoisotopic (exact) mass is 270 g/mol. The van der Waals surface area contributed by atoms with Gasteiger partial charge in [-0.15, -0.1) is 0 Å². The van der Waals surface area contributed by atoms with Crippen LogP contribution in [0.3, 0.4) is 0 Å². The fourth-order valence-corrected chi connectivity index (χ4v) is 1.64. The van der Waals surface area contributed by atoms with Gasteiger partial charge in [-0.2, -0.15) is 0 Å². The Bertz CT molecular complexity index is 501. The quantitative estimate of drug-likeness (QED) is 0.686. The van der Waals surface area contributed by atoms with Gasteiger partial charge in [0.15, 0.2) is 0 Å². The molecule has 0 N–H and O–H groups in total. The minimum atomic E-state index is 0.794. The molecular formula is C15H11Br. The minimum Gasteiger partial charge on any atom is -0.0931 e. The molecule has 2 aromatic carbocycles. The summed E-state index contributed by atoms with van der Waals surface area (Å²) in [4.78, 5) is 0. The maximum Gasteiger partial charge on any atom is 0.0344 e. The number of hydrogen-bond donors (Lipinski definition) is 0. The first-order chi connectivity index (χ1) is 7.84. The fourth-order valence-electron chi connectivity index (χ4n) is 1.37. The Morgan fingerprint density at radius 1 is 0.875 bits per heavy atom. The van der Waals surface area contributed by atoms with Crippen molar-refractivity contribution >= 4 is 15.9 Å². The van der Waals surface area contributed by atoms with E-state index >= 15 is 0 Å². The third kappa shape index (κ3) is 3.25. The summed E-state index contributed by atoms with van der Waals surface area (Å²) in [5.41, 5.74) is 2.31. The lowest BCUT2D eigenvalue weighted by Crippen LogP contribution is -1.80. The van der Waals surface area contributed by atoms with E-state index in [2.05, 4.69) is 39.9 Å².